The number of rotatable bonds is 9. The van der Waals surface area contributed by atoms with Gasteiger partial charge in [0.2, 0.25) is 10.9 Å². The summed E-state index contributed by atoms with van der Waals surface area (Å²) >= 11 is 2.93. The van der Waals surface area contributed by atoms with E-state index in [4.69, 9.17) is 10.5 Å². The minimum atomic E-state index is -1.43. The molecule has 1 amide bonds. The third-order valence-corrected chi connectivity index (χ3v) is 8.99. The van der Waals surface area contributed by atoms with Gasteiger partial charge in [0.05, 0.1) is 5.70 Å². The Bertz CT molecular complexity index is 1260. The van der Waals surface area contributed by atoms with Gasteiger partial charge in [0.15, 0.2) is 5.78 Å². The maximum atomic E-state index is 14.0. The standard InChI is InChI=1S/C25H26N6O3S2/c1-30-24(27-28-29-30)36-15-18-14-35-23-25(26,34-2)22(33)31(23)21(18)20(32)13-19(16-9-5-3-6-10-16)17-11-7-4-8-12-17/h3-12,19,23H,13-15,26H2,1-2H3/t23-,25-/m1/s1. The molecule has 0 bridgehead atoms. The molecule has 186 valence electrons. The van der Waals surface area contributed by atoms with E-state index in [2.05, 4.69) is 15.5 Å². The van der Waals surface area contributed by atoms with Crippen molar-refractivity contribution in [2.45, 2.75) is 28.6 Å². The van der Waals surface area contributed by atoms with Crippen molar-refractivity contribution in [1.29, 1.82) is 0 Å². The van der Waals surface area contributed by atoms with E-state index >= 15 is 0 Å². The number of ether oxygens (including phenoxy) is 1. The zero-order chi connectivity index (χ0) is 25.3. The number of nitrogens with two attached hydrogens (primary N) is 1. The smallest absolute Gasteiger partial charge is 0.278 e. The second kappa shape index (κ2) is 10.2. The lowest BCUT2D eigenvalue weighted by atomic mass is 9.85. The molecule has 1 aromatic heterocycles. The number of Topliss-reactive ketones (excluding diaryl/α,β-unsaturated/α-hetero) is 1. The zero-order valence-corrected chi connectivity index (χ0v) is 21.5. The van der Waals surface area contributed by atoms with Gasteiger partial charge in [-0.3, -0.25) is 20.2 Å². The highest BCUT2D eigenvalue weighted by atomic mass is 32.2. The number of nitrogens with zero attached hydrogens (tertiary/aromatic N) is 5. The largest absolute Gasteiger partial charge is 0.353 e. The zero-order valence-electron chi connectivity index (χ0n) is 19.9. The third-order valence-electron chi connectivity index (χ3n) is 6.50. The maximum Gasteiger partial charge on any atom is 0.278 e. The number of benzene rings is 2. The fraction of sp³-hybridized carbons (Fsp3) is 0.320. The number of ketones is 1. The Morgan fingerprint density at radius 1 is 1.19 bits per heavy atom. The number of hydrogen-bond donors (Lipinski definition) is 1. The quantitative estimate of drug-likeness (QED) is 0.257. The molecule has 2 aromatic carbocycles. The molecular formula is C25H26N6O3S2. The highest BCUT2D eigenvalue weighted by molar-refractivity contribution is 8.01. The highest BCUT2D eigenvalue weighted by Gasteiger charge is 2.63. The summed E-state index contributed by atoms with van der Waals surface area (Å²) in [6.07, 6.45) is 0.217. The predicted molar refractivity (Wildman–Crippen MR) is 138 cm³/mol. The molecule has 0 radical (unpaired) electrons. The van der Waals surface area contributed by atoms with Crippen molar-refractivity contribution >= 4 is 35.2 Å². The van der Waals surface area contributed by atoms with Crippen molar-refractivity contribution in [3.05, 3.63) is 83.1 Å². The topological polar surface area (TPSA) is 116 Å². The number of methoxy groups -OCH3 is 1. The molecule has 0 unspecified atom stereocenters. The van der Waals surface area contributed by atoms with Gasteiger partial charge in [0.25, 0.3) is 5.91 Å². The van der Waals surface area contributed by atoms with Crippen LogP contribution in [-0.4, -0.2) is 66.5 Å². The van der Waals surface area contributed by atoms with Crippen LogP contribution in [0.1, 0.15) is 23.5 Å². The molecule has 11 heteroatoms. The van der Waals surface area contributed by atoms with Gasteiger partial charge in [-0.1, -0.05) is 72.4 Å². The van der Waals surface area contributed by atoms with Crippen LogP contribution in [0.3, 0.4) is 0 Å². The van der Waals surface area contributed by atoms with Crippen LogP contribution in [0, 0.1) is 0 Å². The van der Waals surface area contributed by atoms with Gasteiger partial charge in [-0.15, -0.1) is 16.9 Å². The van der Waals surface area contributed by atoms with E-state index < -0.39 is 17.0 Å². The first kappa shape index (κ1) is 24.7. The van der Waals surface area contributed by atoms with E-state index in [0.29, 0.717) is 22.4 Å². The fourth-order valence-corrected chi connectivity index (χ4v) is 6.95. The summed E-state index contributed by atoms with van der Waals surface area (Å²) in [5.41, 5.74) is 8.19. The summed E-state index contributed by atoms with van der Waals surface area (Å²) in [4.78, 5) is 28.7. The monoisotopic (exact) mass is 522 g/mol. The Labute approximate surface area is 217 Å². The Hall–Kier alpha value is -2.99. The average molecular weight is 523 g/mol. The van der Waals surface area contributed by atoms with E-state index in [1.165, 1.54) is 35.5 Å². The molecule has 2 aliphatic heterocycles. The molecule has 0 saturated carbocycles. The number of amides is 1. The predicted octanol–water partition coefficient (Wildman–Crippen LogP) is 2.56. The summed E-state index contributed by atoms with van der Waals surface area (Å²) in [6.45, 7) is 0. The summed E-state index contributed by atoms with van der Waals surface area (Å²) in [5.74, 6) is 0.376. The number of carbonyl (C=O) groups excluding carboxylic acids is 2. The van der Waals surface area contributed by atoms with E-state index in [1.807, 2.05) is 60.7 Å². The van der Waals surface area contributed by atoms with Gasteiger partial charge in [-0.2, -0.15) is 0 Å². The lowest BCUT2D eigenvalue weighted by Gasteiger charge is -2.54. The van der Waals surface area contributed by atoms with Crippen LogP contribution in [0.5, 0.6) is 0 Å². The van der Waals surface area contributed by atoms with Crippen LogP contribution < -0.4 is 5.73 Å². The third kappa shape index (κ3) is 4.36. The molecule has 9 nitrogen and oxygen atoms in total. The molecule has 1 fully saturated rings. The number of thioether (sulfide) groups is 2. The van der Waals surface area contributed by atoms with E-state index in [-0.39, 0.29) is 18.1 Å². The normalized spacial score (nSPS) is 21.5. The fourth-order valence-electron chi connectivity index (χ4n) is 4.57. The summed E-state index contributed by atoms with van der Waals surface area (Å²) in [5, 5.41) is 11.8. The molecule has 36 heavy (non-hydrogen) atoms. The molecule has 1 saturated heterocycles. The van der Waals surface area contributed by atoms with Crippen LogP contribution in [0.25, 0.3) is 0 Å². The van der Waals surface area contributed by atoms with Gasteiger partial charge in [0.1, 0.15) is 5.37 Å². The molecular weight excluding hydrogens is 496 g/mol. The Morgan fingerprint density at radius 3 is 2.39 bits per heavy atom. The van der Waals surface area contributed by atoms with Crippen molar-refractivity contribution in [2.75, 3.05) is 18.6 Å². The van der Waals surface area contributed by atoms with Crippen molar-refractivity contribution in [2.24, 2.45) is 12.8 Å². The SMILES string of the molecule is CO[C@]1(N)C(=O)N2C(C(=O)CC(c3ccccc3)c3ccccc3)=C(CSc3nnnn3C)CS[C@@H]21. The molecule has 0 spiro atoms. The summed E-state index contributed by atoms with van der Waals surface area (Å²) in [6, 6.07) is 19.9. The minimum absolute atomic E-state index is 0.101. The minimum Gasteiger partial charge on any atom is -0.353 e. The lowest BCUT2D eigenvalue weighted by Crippen LogP contribution is -2.78. The summed E-state index contributed by atoms with van der Waals surface area (Å²) < 4.78 is 6.95. The highest BCUT2D eigenvalue weighted by Crippen LogP contribution is 2.47. The van der Waals surface area contributed by atoms with Crippen LogP contribution in [0.4, 0.5) is 0 Å². The van der Waals surface area contributed by atoms with Crippen molar-refractivity contribution in [1.82, 2.24) is 25.1 Å². The van der Waals surface area contributed by atoms with Gasteiger partial charge in [-0.05, 0) is 27.1 Å². The van der Waals surface area contributed by atoms with Crippen LogP contribution >= 0.6 is 23.5 Å². The second-order valence-corrected chi connectivity index (χ2v) is 10.7. The van der Waals surface area contributed by atoms with E-state index in [9.17, 15) is 9.59 Å². The average Bonchev–Trinajstić information content (AvgIpc) is 3.34. The first-order valence-corrected chi connectivity index (χ1v) is 13.5. The van der Waals surface area contributed by atoms with E-state index in [1.54, 1.807) is 11.7 Å². The Balaban J connectivity index is 1.50. The van der Waals surface area contributed by atoms with Crippen LogP contribution in [0.2, 0.25) is 0 Å². The van der Waals surface area contributed by atoms with E-state index in [0.717, 1.165) is 16.7 Å². The molecule has 2 atom stereocenters. The molecule has 2 N–H and O–H groups in total. The van der Waals surface area contributed by atoms with Crippen molar-refractivity contribution in [3.8, 4) is 0 Å². The number of tetrazole rings is 1. The molecule has 3 heterocycles. The second-order valence-electron chi connectivity index (χ2n) is 8.66. The number of allylic oxidation sites excluding steroid dienone is 1. The molecule has 5 rings (SSSR count). The number of carbonyl (C=O) groups is 2. The van der Waals surface area contributed by atoms with Crippen LogP contribution in [0.15, 0.2) is 77.1 Å². The van der Waals surface area contributed by atoms with Gasteiger partial charge in [0, 0.05) is 38.0 Å². The first-order valence-electron chi connectivity index (χ1n) is 11.4. The first-order chi connectivity index (χ1) is 17.4. The van der Waals surface area contributed by atoms with Crippen molar-refractivity contribution in [3.63, 3.8) is 0 Å². The number of aromatic nitrogens is 4. The Kier molecular flexibility index (Phi) is 6.98. The number of aryl methyl sites for hydroxylation is 1. The van der Waals surface area contributed by atoms with Crippen molar-refractivity contribution < 1.29 is 14.3 Å². The number of β-lactam (4-membered cyclic amide) rings is 1. The maximum absolute atomic E-state index is 14.0. The number of fused-ring (bicyclic) bond motifs is 1. The van der Waals surface area contributed by atoms with Gasteiger partial charge < -0.3 is 4.74 Å². The molecule has 0 aliphatic carbocycles. The van der Waals surface area contributed by atoms with Gasteiger partial charge >= 0.3 is 0 Å². The Morgan fingerprint density at radius 2 is 1.83 bits per heavy atom. The molecule has 3 aromatic rings. The van der Waals surface area contributed by atoms with Gasteiger partial charge in [-0.25, -0.2) is 4.68 Å². The molecule has 2 aliphatic rings. The van der Waals surface area contributed by atoms with Crippen LogP contribution in [-0.2, 0) is 21.4 Å². The number of hydrogen-bond acceptors (Lipinski definition) is 9. The lowest BCUT2D eigenvalue weighted by molar-refractivity contribution is -0.181. The summed E-state index contributed by atoms with van der Waals surface area (Å²) in [7, 11) is 3.19.